The number of fused-ring (bicyclic) bond motifs is 1. The van der Waals surface area contributed by atoms with Gasteiger partial charge in [0.2, 0.25) is 0 Å². The molecule has 1 aromatic carbocycles. The molecule has 1 fully saturated rings. The first-order valence-electron chi connectivity index (χ1n) is 6.75. The molecule has 1 N–H and O–H groups in total. The minimum atomic E-state index is -3.37. The van der Waals surface area contributed by atoms with Crippen LogP contribution in [0.15, 0.2) is 23.1 Å². The summed E-state index contributed by atoms with van der Waals surface area (Å²) in [7, 11) is -6.38. The highest BCUT2D eigenvalue weighted by Crippen LogP contribution is 2.33. The Kier molecular flexibility index (Phi) is 3.58. The lowest BCUT2D eigenvalue weighted by Gasteiger charge is -2.28. The maximum absolute atomic E-state index is 13.4. The summed E-state index contributed by atoms with van der Waals surface area (Å²) in [5, 5.41) is 3.18. The van der Waals surface area contributed by atoms with Crippen molar-refractivity contribution in [2.75, 3.05) is 17.3 Å². The first-order chi connectivity index (χ1) is 9.77. The SMILES string of the molecule is O=S1(=O)CCC(NC2CCS(=O)(=O)c3ccc(F)cc32)C1. The van der Waals surface area contributed by atoms with Crippen molar-refractivity contribution in [2.45, 2.75) is 29.8 Å². The van der Waals surface area contributed by atoms with E-state index in [0.29, 0.717) is 18.4 Å². The number of nitrogens with one attached hydrogen (secondary N) is 1. The summed E-state index contributed by atoms with van der Waals surface area (Å²) in [4.78, 5) is 0.147. The van der Waals surface area contributed by atoms with Crippen molar-refractivity contribution >= 4 is 19.7 Å². The lowest BCUT2D eigenvalue weighted by Crippen LogP contribution is -2.37. The number of sulfone groups is 2. The van der Waals surface area contributed by atoms with Gasteiger partial charge in [-0.1, -0.05) is 0 Å². The molecule has 1 aromatic rings. The second kappa shape index (κ2) is 5.03. The molecule has 2 unspecified atom stereocenters. The summed E-state index contributed by atoms with van der Waals surface area (Å²) in [6.45, 7) is 0. The number of hydrogen-bond donors (Lipinski definition) is 1. The average molecular weight is 333 g/mol. The molecule has 2 aliphatic heterocycles. The van der Waals surface area contributed by atoms with E-state index in [9.17, 15) is 21.2 Å². The van der Waals surface area contributed by atoms with E-state index in [0.717, 1.165) is 6.07 Å². The summed E-state index contributed by atoms with van der Waals surface area (Å²) in [5.74, 6) is -0.299. The minimum Gasteiger partial charge on any atom is -0.306 e. The van der Waals surface area contributed by atoms with Gasteiger partial charge in [0.1, 0.15) is 5.82 Å². The number of benzene rings is 1. The Balaban J connectivity index is 1.90. The van der Waals surface area contributed by atoms with Crippen LogP contribution in [0.2, 0.25) is 0 Å². The number of hydrogen-bond acceptors (Lipinski definition) is 5. The number of rotatable bonds is 2. The fourth-order valence-corrected chi connectivity index (χ4v) is 6.29. The first-order valence-corrected chi connectivity index (χ1v) is 10.2. The molecule has 0 aliphatic carbocycles. The summed E-state index contributed by atoms with van der Waals surface area (Å²) >= 11 is 0. The Labute approximate surface area is 123 Å². The zero-order chi connectivity index (χ0) is 15.3. The predicted molar refractivity (Wildman–Crippen MR) is 76.0 cm³/mol. The van der Waals surface area contributed by atoms with Crippen LogP contribution in [0.25, 0.3) is 0 Å². The molecule has 0 radical (unpaired) electrons. The van der Waals surface area contributed by atoms with Crippen molar-refractivity contribution in [1.82, 2.24) is 5.32 Å². The van der Waals surface area contributed by atoms with Gasteiger partial charge in [0, 0.05) is 12.1 Å². The Morgan fingerprint density at radius 1 is 1.10 bits per heavy atom. The molecule has 0 aromatic heterocycles. The van der Waals surface area contributed by atoms with Gasteiger partial charge in [-0.25, -0.2) is 21.2 Å². The maximum Gasteiger partial charge on any atom is 0.178 e. The lowest BCUT2D eigenvalue weighted by molar-refractivity contribution is 0.434. The van der Waals surface area contributed by atoms with Gasteiger partial charge in [-0.3, -0.25) is 0 Å². The Bertz CT molecular complexity index is 773. The van der Waals surface area contributed by atoms with Crippen molar-refractivity contribution in [3.63, 3.8) is 0 Å². The second-order valence-corrected chi connectivity index (χ2v) is 9.92. The molecule has 2 heterocycles. The molecule has 1 saturated heterocycles. The van der Waals surface area contributed by atoms with E-state index in [1.165, 1.54) is 12.1 Å². The van der Waals surface area contributed by atoms with Crippen molar-refractivity contribution in [3.05, 3.63) is 29.6 Å². The minimum absolute atomic E-state index is 0.0111. The van der Waals surface area contributed by atoms with Crippen LogP contribution >= 0.6 is 0 Å². The van der Waals surface area contributed by atoms with E-state index < -0.39 is 25.5 Å². The first kappa shape index (κ1) is 14.9. The van der Waals surface area contributed by atoms with Crippen LogP contribution in [0.1, 0.15) is 24.4 Å². The third kappa shape index (κ3) is 2.97. The molecule has 21 heavy (non-hydrogen) atoms. The van der Waals surface area contributed by atoms with Gasteiger partial charge >= 0.3 is 0 Å². The summed E-state index contributed by atoms with van der Waals surface area (Å²) in [6.07, 6.45) is 0.839. The van der Waals surface area contributed by atoms with E-state index in [4.69, 9.17) is 0 Å². The zero-order valence-corrected chi connectivity index (χ0v) is 12.9. The molecule has 2 aliphatic rings. The third-order valence-electron chi connectivity index (χ3n) is 4.03. The molecule has 0 bridgehead atoms. The van der Waals surface area contributed by atoms with E-state index in [1.807, 2.05) is 0 Å². The smallest absolute Gasteiger partial charge is 0.178 e. The zero-order valence-electron chi connectivity index (χ0n) is 11.2. The molecule has 0 spiro atoms. The highest BCUT2D eigenvalue weighted by molar-refractivity contribution is 7.91. The van der Waals surface area contributed by atoms with Crippen LogP contribution in [-0.2, 0) is 19.7 Å². The standard InChI is InChI=1S/C13H16FNO4S2/c14-9-1-2-13-11(7-9)12(4-6-21(13,18)19)15-10-3-5-20(16,17)8-10/h1-2,7,10,12,15H,3-6,8H2. The number of halogens is 1. The summed E-state index contributed by atoms with van der Waals surface area (Å²) < 4.78 is 60.5. The Morgan fingerprint density at radius 3 is 2.52 bits per heavy atom. The highest BCUT2D eigenvalue weighted by atomic mass is 32.2. The van der Waals surface area contributed by atoms with Gasteiger partial charge < -0.3 is 5.32 Å². The van der Waals surface area contributed by atoms with Gasteiger partial charge in [0.15, 0.2) is 19.7 Å². The van der Waals surface area contributed by atoms with Gasteiger partial charge in [0.25, 0.3) is 0 Å². The highest BCUT2D eigenvalue weighted by Gasteiger charge is 2.34. The van der Waals surface area contributed by atoms with Gasteiger partial charge in [-0.05, 0) is 36.6 Å². The summed E-state index contributed by atoms with van der Waals surface area (Å²) in [5.41, 5.74) is 0.408. The van der Waals surface area contributed by atoms with Crippen LogP contribution in [-0.4, -0.2) is 40.1 Å². The van der Waals surface area contributed by atoms with Gasteiger partial charge in [0.05, 0.1) is 22.2 Å². The second-order valence-electron chi connectivity index (χ2n) is 5.61. The maximum atomic E-state index is 13.4. The molecule has 5 nitrogen and oxygen atoms in total. The normalized spacial score (nSPS) is 30.0. The van der Waals surface area contributed by atoms with Crippen LogP contribution in [0.4, 0.5) is 4.39 Å². The van der Waals surface area contributed by atoms with Gasteiger partial charge in [-0.2, -0.15) is 0 Å². The molecular formula is C13H16FNO4S2. The van der Waals surface area contributed by atoms with Crippen LogP contribution < -0.4 is 5.32 Å². The van der Waals surface area contributed by atoms with Crippen LogP contribution in [0, 0.1) is 5.82 Å². The Morgan fingerprint density at radius 2 is 1.86 bits per heavy atom. The van der Waals surface area contributed by atoms with Crippen molar-refractivity contribution < 1.29 is 21.2 Å². The quantitative estimate of drug-likeness (QED) is 0.811. The lowest BCUT2D eigenvalue weighted by atomic mass is 10.0. The largest absolute Gasteiger partial charge is 0.306 e. The van der Waals surface area contributed by atoms with E-state index in [2.05, 4.69) is 5.32 Å². The van der Waals surface area contributed by atoms with Crippen molar-refractivity contribution in [1.29, 1.82) is 0 Å². The van der Waals surface area contributed by atoms with E-state index in [1.54, 1.807) is 0 Å². The third-order valence-corrected chi connectivity index (χ3v) is 7.61. The predicted octanol–water partition coefficient (Wildman–Crippen LogP) is 0.821. The summed E-state index contributed by atoms with van der Waals surface area (Å²) in [6, 6.07) is 3.14. The molecule has 8 heteroatoms. The van der Waals surface area contributed by atoms with E-state index >= 15 is 0 Å². The van der Waals surface area contributed by atoms with Crippen LogP contribution in [0.5, 0.6) is 0 Å². The topological polar surface area (TPSA) is 80.3 Å². The molecule has 116 valence electrons. The van der Waals surface area contributed by atoms with Crippen LogP contribution in [0.3, 0.4) is 0 Å². The molecule has 3 rings (SSSR count). The van der Waals surface area contributed by atoms with E-state index in [-0.39, 0.29) is 34.2 Å². The molecular weight excluding hydrogens is 317 g/mol. The fraction of sp³-hybridized carbons (Fsp3) is 0.538. The monoisotopic (exact) mass is 333 g/mol. The van der Waals surface area contributed by atoms with Crippen molar-refractivity contribution in [3.8, 4) is 0 Å². The molecule has 0 saturated carbocycles. The van der Waals surface area contributed by atoms with Gasteiger partial charge in [-0.15, -0.1) is 0 Å². The van der Waals surface area contributed by atoms with Crippen molar-refractivity contribution in [2.24, 2.45) is 0 Å². The fourth-order valence-electron chi connectivity index (χ4n) is 3.00. The molecule has 2 atom stereocenters. The average Bonchev–Trinajstić information content (AvgIpc) is 2.72. The Hall–Kier alpha value is -0.990. The molecule has 0 amide bonds.